The highest BCUT2D eigenvalue weighted by atomic mass is 79.9. The number of hydrogen-bond acceptors (Lipinski definition) is 3. The van der Waals surface area contributed by atoms with Gasteiger partial charge in [0, 0.05) is 10.2 Å². The van der Waals surface area contributed by atoms with Gasteiger partial charge < -0.3 is 10.4 Å². The minimum absolute atomic E-state index is 0.0268. The number of anilines is 1. The molecular weight excluding hydrogens is 330 g/mol. The van der Waals surface area contributed by atoms with E-state index in [1.807, 2.05) is 0 Å². The fraction of sp³-hybridized carbons (Fsp3) is 0.385. The summed E-state index contributed by atoms with van der Waals surface area (Å²) in [5, 5.41) is 11.7. The van der Waals surface area contributed by atoms with Gasteiger partial charge in [0.25, 0.3) is 0 Å². The van der Waals surface area contributed by atoms with E-state index in [0.717, 1.165) is 25.0 Å². The lowest BCUT2D eigenvalue weighted by atomic mass is 10.1. The fourth-order valence-corrected chi connectivity index (χ4v) is 3.65. The zero-order valence-electron chi connectivity index (χ0n) is 10.2. The van der Waals surface area contributed by atoms with Crippen molar-refractivity contribution >= 4 is 45.3 Å². The summed E-state index contributed by atoms with van der Waals surface area (Å²) in [4.78, 5) is 23.0. The summed E-state index contributed by atoms with van der Waals surface area (Å²) in [7, 11) is 0. The van der Waals surface area contributed by atoms with E-state index in [2.05, 4.69) is 21.2 Å². The highest BCUT2D eigenvalue weighted by Crippen LogP contribution is 2.27. The van der Waals surface area contributed by atoms with E-state index in [4.69, 9.17) is 5.11 Å². The van der Waals surface area contributed by atoms with E-state index in [1.54, 1.807) is 17.8 Å². The minimum atomic E-state index is -1.01. The summed E-state index contributed by atoms with van der Waals surface area (Å²) in [6.07, 6.45) is 3.12. The molecule has 0 radical (unpaired) electrons. The summed E-state index contributed by atoms with van der Waals surface area (Å²) in [6, 6.07) is 4.68. The van der Waals surface area contributed by atoms with E-state index in [-0.39, 0.29) is 16.7 Å². The standard InChI is InChI=1S/C13H14BrNO3S/c14-9-5-8(13(17)18)6-10(7-9)15-12(16)11-3-1-2-4-19-11/h5-7,11H,1-4H2,(H,15,16)(H,17,18). The molecule has 1 unspecified atom stereocenters. The number of thioether (sulfide) groups is 1. The van der Waals surface area contributed by atoms with Gasteiger partial charge in [0.2, 0.25) is 5.91 Å². The number of nitrogens with one attached hydrogen (secondary N) is 1. The first kappa shape index (κ1) is 14.4. The Hall–Kier alpha value is -1.01. The number of carboxylic acid groups (broad SMARTS) is 1. The number of amides is 1. The first-order chi connectivity index (χ1) is 9.06. The van der Waals surface area contributed by atoms with Gasteiger partial charge in [-0.15, -0.1) is 11.8 Å². The number of carbonyl (C=O) groups excluding carboxylic acids is 1. The minimum Gasteiger partial charge on any atom is -0.478 e. The first-order valence-corrected chi connectivity index (χ1v) is 7.87. The number of benzene rings is 1. The van der Waals surface area contributed by atoms with Crippen LogP contribution in [0.3, 0.4) is 0 Å². The molecule has 6 heteroatoms. The summed E-state index contributed by atoms with van der Waals surface area (Å²) >= 11 is 4.91. The number of carbonyl (C=O) groups is 2. The second-order valence-electron chi connectivity index (χ2n) is 4.38. The Bertz CT molecular complexity index is 501. The van der Waals surface area contributed by atoms with Crippen molar-refractivity contribution in [1.29, 1.82) is 0 Å². The van der Waals surface area contributed by atoms with Gasteiger partial charge in [0.15, 0.2) is 0 Å². The number of hydrogen-bond donors (Lipinski definition) is 2. The molecule has 1 aromatic rings. The molecule has 2 rings (SSSR count). The van der Waals surface area contributed by atoms with Crippen molar-refractivity contribution in [3.8, 4) is 0 Å². The molecule has 4 nitrogen and oxygen atoms in total. The normalized spacial score (nSPS) is 18.9. The van der Waals surface area contributed by atoms with Crippen LogP contribution < -0.4 is 5.32 Å². The third-order valence-corrected chi connectivity index (χ3v) is 4.72. The molecule has 1 aliphatic heterocycles. The van der Waals surface area contributed by atoms with Crippen molar-refractivity contribution in [2.45, 2.75) is 24.5 Å². The predicted molar refractivity (Wildman–Crippen MR) is 79.8 cm³/mol. The highest BCUT2D eigenvalue weighted by molar-refractivity contribution is 9.10. The van der Waals surface area contributed by atoms with Crippen LogP contribution in [0.4, 0.5) is 5.69 Å². The Morgan fingerprint density at radius 2 is 2.11 bits per heavy atom. The average molecular weight is 344 g/mol. The Labute approximate surface area is 124 Å². The monoisotopic (exact) mass is 343 g/mol. The van der Waals surface area contributed by atoms with Crippen molar-refractivity contribution in [2.75, 3.05) is 11.1 Å². The second kappa shape index (κ2) is 6.43. The molecule has 0 spiro atoms. The topological polar surface area (TPSA) is 66.4 Å². The van der Waals surface area contributed by atoms with E-state index in [1.165, 1.54) is 12.1 Å². The van der Waals surface area contributed by atoms with Crippen molar-refractivity contribution in [3.05, 3.63) is 28.2 Å². The number of carboxylic acids is 1. The van der Waals surface area contributed by atoms with Crippen molar-refractivity contribution in [1.82, 2.24) is 0 Å². The van der Waals surface area contributed by atoms with Gasteiger partial charge in [-0.2, -0.15) is 0 Å². The van der Waals surface area contributed by atoms with Gasteiger partial charge in [-0.05, 0) is 36.8 Å². The maximum atomic E-state index is 12.1. The third-order valence-electron chi connectivity index (χ3n) is 2.88. The zero-order valence-corrected chi connectivity index (χ0v) is 12.6. The molecule has 2 N–H and O–H groups in total. The van der Waals surface area contributed by atoms with Crippen molar-refractivity contribution in [3.63, 3.8) is 0 Å². The smallest absolute Gasteiger partial charge is 0.335 e. The van der Waals surface area contributed by atoms with E-state index in [0.29, 0.717) is 10.2 Å². The maximum absolute atomic E-state index is 12.1. The summed E-state index contributed by atoms with van der Waals surface area (Å²) < 4.78 is 0.638. The molecule has 0 bridgehead atoms. The summed E-state index contributed by atoms with van der Waals surface area (Å²) in [5.41, 5.74) is 0.670. The van der Waals surface area contributed by atoms with Gasteiger partial charge in [0.1, 0.15) is 0 Å². The SMILES string of the molecule is O=C(O)c1cc(Br)cc(NC(=O)C2CCCCS2)c1. The van der Waals surface area contributed by atoms with Crippen LogP contribution in [0.5, 0.6) is 0 Å². The first-order valence-electron chi connectivity index (χ1n) is 6.02. The van der Waals surface area contributed by atoms with Crippen molar-refractivity contribution < 1.29 is 14.7 Å². The number of aromatic carboxylic acids is 1. The van der Waals surface area contributed by atoms with Gasteiger partial charge in [-0.25, -0.2) is 4.79 Å². The molecule has 1 amide bonds. The lowest BCUT2D eigenvalue weighted by Gasteiger charge is -2.20. The molecule has 0 aliphatic carbocycles. The van der Waals surface area contributed by atoms with Crippen LogP contribution in [0, 0.1) is 0 Å². The Morgan fingerprint density at radius 1 is 1.32 bits per heavy atom. The number of halogens is 1. The lowest BCUT2D eigenvalue weighted by Crippen LogP contribution is -2.27. The molecule has 1 aliphatic rings. The molecule has 19 heavy (non-hydrogen) atoms. The zero-order chi connectivity index (χ0) is 13.8. The average Bonchev–Trinajstić information content (AvgIpc) is 2.39. The molecule has 0 aromatic heterocycles. The van der Waals surface area contributed by atoms with E-state index in [9.17, 15) is 9.59 Å². The maximum Gasteiger partial charge on any atom is 0.335 e. The van der Waals surface area contributed by atoms with Gasteiger partial charge in [-0.3, -0.25) is 4.79 Å². The van der Waals surface area contributed by atoms with Crippen LogP contribution in [-0.4, -0.2) is 28.0 Å². The lowest BCUT2D eigenvalue weighted by molar-refractivity contribution is -0.115. The van der Waals surface area contributed by atoms with Crippen LogP contribution in [0.2, 0.25) is 0 Å². The molecular formula is C13H14BrNO3S. The quantitative estimate of drug-likeness (QED) is 0.882. The molecule has 0 saturated carbocycles. The van der Waals surface area contributed by atoms with Crippen molar-refractivity contribution in [2.24, 2.45) is 0 Å². The predicted octanol–water partition coefficient (Wildman–Crippen LogP) is 3.37. The third kappa shape index (κ3) is 3.98. The van der Waals surface area contributed by atoms with Gasteiger partial charge in [0.05, 0.1) is 10.8 Å². The molecule has 1 aromatic carbocycles. The fourth-order valence-electron chi connectivity index (χ4n) is 1.96. The van der Waals surface area contributed by atoms with Crippen LogP contribution in [-0.2, 0) is 4.79 Å². The van der Waals surface area contributed by atoms with Crippen LogP contribution in [0.25, 0.3) is 0 Å². The molecule has 1 saturated heterocycles. The Morgan fingerprint density at radius 3 is 2.74 bits per heavy atom. The molecule has 1 heterocycles. The van der Waals surface area contributed by atoms with Gasteiger partial charge >= 0.3 is 5.97 Å². The summed E-state index contributed by atoms with van der Waals surface area (Å²) in [5.74, 6) is -0.0419. The Balaban J connectivity index is 2.09. The molecule has 1 atom stereocenters. The van der Waals surface area contributed by atoms with E-state index >= 15 is 0 Å². The Kier molecular flexibility index (Phi) is 4.87. The highest BCUT2D eigenvalue weighted by Gasteiger charge is 2.22. The van der Waals surface area contributed by atoms with Crippen LogP contribution in [0.1, 0.15) is 29.6 Å². The van der Waals surface area contributed by atoms with Crippen LogP contribution in [0.15, 0.2) is 22.7 Å². The van der Waals surface area contributed by atoms with Gasteiger partial charge in [-0.1, -0.05) is 22.4 Å². The molecule has 1 fully saturated rings. The molecule has 102 valence electrons. The second-order valence-corrected chi connectivity index (χ2v) is 6.60. The number of rotatable bonds is 3. The van der Waals surface area contributed by atoms with Crippen LogP contribution >= 0.6 is 27.7 Å². The summed E-state index contributed by atoms with van der Waals surface area (Å²) in [6.45, 7) is 0. The van der Waals surface area contributed by atoms with E-state index < -0.39 is 5.97 Å². The largest absolute Gasteiger partial charge is 0.478 e.